The van der Waals surface area contributed by atoms with E-state index in [9.17, 15) is 4.79 Å². The van der Waals surface area contributed by atoms with Crippen molar-refractivity contribution in [3.05, 3.63) is 32.9 Å². The lowest BCUT2D eigenvalue weighted by atomic mass is 10.2. The molecule has 0 aromatic carbocycles. The Morgan fingerprint density at radius 1 is 1.38 bits per heavy atom. The Kier molecular flexibility index (Phi) is 4.74. The van der Waals surface area contributed by atoms with E-state index >= 15 is 0 Å². The van der Waals surface area contributed by atoms with Crippen molar-refractivity contribution in [1.82, 2.24) is 15.2 Å². The Balaban J connectivity index is 2.22. The van der Waals surface area contributed by atoms with E-state index in [1.807, 2.05) is 12.3 Å². The smallest absolute Gasteiger partial charge is 0.252 e. The number of hydrogen-bond acceptors (Lipinski definition) is 6. The molecule has 1 atom stereocenters. The lowest BCUT2D eigenvalue weighted by molar-refractivity contribution is 0.100. The number of anilines is 1. The minimum Gasteiger partial charge on any atom is -0.365 e. The van der Waals surface area contributed by atoms with E-state index in [-0.39, 0.29) is 16.8 Å². The van der Waals surface area contributed by atoms with Crippen molar-refractivity contribution in [3.8, 4) is 0 Å². The topological polar surface area (TPSA) is 93.8 Å². The molecule has 6 nitrogen and oxygen atoms in total. The van der Waals surface area contributed by atoms with E-state index in [0.717, 1.165) is 10.7 Å². The van der Waals surface area contributed by atoms with Crippen LogP contribution in [-0.2, 0) is 0 Å². The van der Waals surface area contributed by atoms with Crippen LogP contribution in [0.4, 0.5) is 5.82 Å². The highest BCUT2D eigenvalue weighted by Crippen LogP contribution is 2.25. The van der Waals surface area contributed by atoms with Gasteiger partial charge in [0, 0.05) is 11.3 Å². The van der Waals surface area contributed by atoms with Crippen LogP contribution in [0.15, 0.2) is 11.4 Å². The van der Waals surface area contributed by atoms with Crippen LogP contribution < -0.4 is 11.1 Å². The second kappa shape index (κ2) is 6.36. The molecule has 2 aromatic heterocycles. The quantitative estimate of drug-likeness (QED) is 0.881. The van der Waals surface area contributed by atoms with Crippen molar-refractivity contribution < 1.29 is 4.79 Å². The average molecular weight is 326 g/mol. The molecule has 3 N–H and O–H groups in total. The Morgan fingerprint density at radius 2 is 2.10 bits per heavy atom. The number of hydrogen-bond donors (Lipinski definition) is 2. The third-order valence-electron chi connectivity index (χ3n) is 2.86. The monoisotopic (exact) mass is 325 g/mol. The van der Waals surface area contributed by atoms with Gasteiger partial charge < -0.3 is 11.1 Å². The van der Waals surface area contributed by atoms with Gasteiger partial charge in [-0.15, -0.1) is 21.5 Å². The number of halogens is 1. The number of nitrogens with two attached hydrogens (primary N) is 1. The predicted molar refractivity (Wildman–Crippen MR) is 83.8 cm³/mol. The second-order valence-electron chi connectivity index (χ2n) is 4.92. The van der Waals surface area contributed by atoms with E-state index < -0.39 is 5.91 Å². The average Bonchev–Trinajstić information content (AvgIpc) is 2.90. The fourth-order valence-electron chi connectivity index (χ4n) is 1.71. The van der Waals surface area contributed by atoms with Crippen LogP contribution in [-0.4, -0.2) is 21.1 Å². The first-order chi connectivity index (χ1) is 9.88. The molecule has 2 rings (SSSR count). The largest absolute Gasteiger partial charge is 0.365 e. The summed E-state index contributed by atoms with van der Waals surface area (Å²) in [5.41, 5.74) is 6.42. The zero-order valence-electron chi connectivity index (χ0n) is 11.9. The standard InChI is InChI=1S/C13H16ClN5OS/c1-6(2)13-17-9(5-21-13)7(3)16-12-8(11(15)20)4-10(14)18-19-12/h4-7H,1-3H3,(H2,15,20)(H,16,19). The molecule has 2 heterocycles. The number of primary amides is 1. The number of aromatic nitrogens is 3. The fraction of sp³-hybridized carbons (Fsp3) is 0.385. The van der Waals surface area contributed by atoms with E-state index in [2.05, 4.69) is 34.3 Å². The van der Waals surface area contributed by atoms with Gasteiger partial charge in [-0.2, -0.15) is 0 Å². The van der Waals surface area contributed by atoms with E-state index in [0.29, 0.717) is 11.7 Å². The summed E-state index contributed by atoms with van der Waals surface area (Å²) in [4.78, 5) is 16.0. The molecule has 0 saturated carbocycles. The molecule has 0 aliphatic rings. The van der Waals surface area contributed by atoms with Crippen LogP contribution in [0.25, 0.3) is 0 Å². The second-order valence-corrected chi connectivity index (χ2v) is 6.20. The number of nitrogens with zero attached hydrogens (tertiary/aromatic N) is 3. The molecule has 0 radical (unpaired) electrons. The van der Waals surface area contributed by atoms with Crippen LogP contribution in [0.1, 0.15) is 53.8 Å². The lowest BCUT2D eigenvalue weighted by Gasteiger charge is -2.14. The summed E-state index contributed by atoms with van der Waals surface area (Å²) in [6.07, 6.45) is 0. The van der Waals surface area contributed by atoms with Crippen LogP contribution in [0.2, 0.25) is 5.15 Å². The third kappa shape index (κ3) is 3.68. The molecule has 1 amide bonds. The van der Waals surface area contributed by atoms with Gasteiger partial charge in [-0.25, -0.2) is 4.98 Å². The lowest BCUT2D eigenvalue weighted by Crippen LogP contribution is -2.18. The first-order valence-corrected chi connectivity index (χ1v) is 7.69. The van der Waals surface area contributed by atoms with Crippen molar-refractivity contribution in [1.29, 1.82) is 0 Å². The predicted octanol–water partition coefficient (Wildman–Crippen LogP) is 2.98. The highest BCUT2D eigenvalue weighted by Gasteiger charge is 2.17. The minimum atomic E-state index is -0.609. The highest BCUT2D eigenvalue weighted by molar-refractivity contribution is 7.09. The maximum atomic E-state index is 11.4. The van der Waals surface area contributed by atoms with Crippen molar-refractivity contribution in [2.45, 2.75) is 32.7 Å². The Morgan fingerprint density at radius 3 is 2.67 bits per heavy atom. The van der Waals surface area contributed by atoms with Gasteiger partial charge in [-0.05, 0) is 13.0 Å². The Bertz CT molecular complexity index is 658. The van der Waals surface area contributed by atoms with Crippen molar-refractivity contribution in [3.63, 3.8) is 0 Å². The van der Waals surface area contributed by atoms with Crippen molar-refractivity contribution >= 4 is 34.7 Å². The molecule has 0 aliphatic heterocycles. The van der Waals surface area contributed by atoms with Gasteiger partial charge in [0.2, 0.25) is 0 Å². The molecule has 0 bridgehead atoms. The molecular weight excluding hydrogens is 310 g/mol. The summed E-state index contributed by atoms with van der Waals surface area (Å²) in [5, 5.41) is 13.9. The number of carbonyl (C=O) groups is 1. The molecule has 112 valence electrons. The summed E-state index contributed by atoms with van der Waals surface area (Å²) in [6.45, 7) is 6.12. The van der Waals surface area contributed by atoms with Crippen LogP contribution in [0.5, 0.6) is 0 Å². The fourth-order valence-corrected chi connectivity index (χ4v) is 2.78. The van der Waals surface area contributed by atoms with Gasteiger partial charge in [-0.1, -0.05) is 25.4 Å². The Labute approximate surface area is 131 Å². The molecule has 8 heteroatoms. The molecular formula is C13H16ClN5OS. The van der Waals surface area contributed by atoms with Crippen LogP contribution >= 0.6 is 22.9 Å². The van der Waals surface area contributed by atoms with Gasteiger partial charge in [0.1, 0.15) is 0 Å². The first kappa shape index (κ1) is 15.7. The van der Waals surface area contributed by atoms with Crippen LogP contribution in [0, 0.1) is 0 Å². The molecule has 0 spiro atoms. The molecule has 0 fully saturated rings. The summed E-state index contributed by atoms with van der Waals surface area (Å²) in [7, 11) is 0. The maximum absolute atomic E-state index is 11.4. The van der Waals surface area contributed by atoms with Gasteiger partial charge in [0.05, 0.1) is 22.3 Å². The summed E-state index contributed by atoms with van der Waals surface area (Å²) in [5.74, 6) is 0.0774. The van der Waals surface area contributed by atoms with Gasteiger partial charge >= 0.3 is 0 Å². The van der Waals surface area contributed by atoms with E-state index in [4.69, 9.17) is 17.3 Å². The SMILES string of the molecule is CC(C)c1nc(C(C)Nc2nnc(Cl)cc2C(N)=O)cs1. The summed E-state index contributed by atoms with van der Waals surface area (Å²) in [6, 6.07) is 1.27. The highest BCUT2D eigenvalue weighted by atomic mass is 35.5. The number of amides is 1. The number of rotatable bonds is 5. The summed E-state index contributed by atoms with van der Waals surface area (Å²) >= 11 is 7.34. The van der Waals surface area contributed by atoms with E-state index in [1.165, 1.54) is 6.07 Å². The molecule has 0 aliphatic carbocycles. The van der Waals surface area contributed by atoms with Gasteiger partial charge in [-0.3, -0.25) is 4.79 Å². The van der Waals surface area contributed by atoms with Crippen molar-refractivity contribution in [2.24, 2.45) is 5.73 Å². The normalized spacial score (nSPS) is 12.4. The first-order valence-electron chi connectivity index (χ1n) is 6.43. The molecule has 2 aromatic rings. The molecule has 0 saturated heterocycles. The Hall–Kier alpha value is -1.73. The van der Waals surface area contributed by atoms with Gasteiger partial charge in [0.15, 0.2) is 11.0 Å². The zero-order chi connectivity index (χ0) is 15.6. The van der Waals surface area contributed by atoms with E-state index in [1.54, 1.807) is 11.3 Å². The number of thiazole rings is 1. The summed E-state index contributed by atoms with van der Waals surface area (Å²) < 4.78 is 0. The van der Waals surface area contributed by atoms with Gasteiger partial charge in [0.25, 0.3) is 5.91 Å². The minimum absolute atomic E-state index is 0.123. The maximum Gasteiger partial charge on any atom is 0.252 e. The molecule has 1 unspecified atom stereocenters. The van der Waals surface area contributed by atoms with Crippen LogP contribution in [0.3, 0.4) is 0 Å². The molecule has 21 heavy (non-hydrogen) atoms. The number of nitrogens with one attached hydrogen (secondary N) is 1. The third-order valence-corrected chi connectivity index (χ3v) is 4.21. The zero-order valence-corrected chi connectivity index (χ0v) is 13.5. The van der Waals surface area contributed by atoms with Crippen molar-refractivity contribution in [2.75, 3.05) is 5.32 Å². The number of carbonyl (C=O) groups excluding carboxylic acids is 1.